The average molecular weight is 249 g/mol. The van der Waals surface area contributed by atoms with Crippen LogP contribution in [0.2, 0.25) is 0 Å². The first-order chi connectivity index (χ1) is 9.25. The van der Waals surface area contributed by atoms with E-state index in [9.17, 15) is 4.79 Å². The highest BCUT2D eigenvalue weighted by Gasteiger charge is 1.96. The van der Waals surface area contributed by atoms with E-state index in [1.807, 2.05) is 54.6 Å². The zero-order valence-electron chi connectivity index (χ0n) is 10.8. The fourth-order valence-corrected chi connectivity index (χ4v) is 1.63. The number of allylic oxidation sites excluding steroid dienone is 1. The standard InChI is InChI=1S/C17H15NO/c1-14(19)16-9-11-17(12-10-16)18-13-5-8-15-6-3-2-4-7-15/h2-13H,1H3/b8-5+,18-13?. The number of hydrogen-bond donors (Lipinski definition) is 0. The summed E-state index contributed by atoms with van der Waals surface area (Å²) in [5, 5.41) is 0. The number of aliphatic imine (C=N–C) groups is 1. The molecule has 0 amide bonds. The number of ketones is 1. The van der Waals surface area contributed by atoms with Gasteiger partial charge in [-0.2, -0.15) is 0 Å². The van der Waals surface area contributed by atoms with Crippen LogP contribution in [-0.2, 0) is 0 Å². The van der Waals surface area contributed by atoms with Crippen LogP contribution < -0.4 is 0 Å². The van der Waals surface area contributed by atoms with E-state index in [1.165, 1.54) is 0 Å². The number of nitrogens with zero attached hydrogens (tertiary/aromatic N) is 1. The lowest BCUT2D eigenvalue weighted by Gasteiger charge is -1.95. The molecule has 0 atom stereocenters. The third-order valence-electron chi connectivity index (χ3n) is 2.67. The molecule has 0 N–H and O–H groups in total. The van der Waals surface area contributed by atoms with Crippen LogP contribution in [0.3, 0.4) is 0 Å². The Morgan fingerprint density at radius 1 is 1.00 bits per heavy atom. The molecule has 0 aromatic heterocycles. The summed E-state index contributed by atoms with van der Waals surface area (Å²) in [6.45, 7) is 1.56. The van der Waals surface area contributed by atoms with Crippen LogP contribution in [0, 0.1) is 0 Å². The van der Waals surface area contributed by atoms with E-state index in [-0.39, 0.29) is 5.78 Å². The van der Waals surface area contributed by atoms with Crippen molar-refractivity contribution in [2.24, 2.45) is 4.99 Å². The van der Waals surface area contributed by atoms with Crippen molar-refractivity contribution in [1.82, 2.24) is 0 Å². The lowest BCUT2D eigenvalue weighted by atomic mass is 10.1. The molecule has 19 heavy (non-hydrogen) atoms. The molecular formula is C17H15NO. The molecule has 0 radical (unpaired) electrons. The summed E-state index contributed by atoms with van der Waals surface area (Å²) in [6.07, 6.45) is 5.64. The topological polar surface area (TPSA) is 29.4 Å². The van der Waals surface area contributed by atoms with E-state index >= 15 is 0 Å². The summed E-state index contributed by atoms with van der Waals surface area (Å²) in [5.74, 6) is 0.0690. The third kappa shape index (κ3) is 4.03. The minimum absolute atomic E-state index is 0.0690. The number of rotatable bonds is 4. The Hall–Kier alpha value is -2.48. The largest absolute Gasteiger partial charge is 0.295 e. The molecule has 0 unspecified atom stereocenters. The summed E-state index contributed by atoms with van der Waals surface area (Å²) in [5.41, 5.74) is 2.68. The fraction of sp³-hybridized carbons (Fsp3) is 0.0588. The highest BCUT2D eigenvalue weighted by atomic mass is 16.1. The van der Waals surface area contributed by atoms with Gasteiger partial charge >= 0.3 is 0 Å². The molecule has 2 aromatic rings. The van der Waals surface area contributed by atoms with Gasteiger partial charge in [-0.25, -0.2) is 0 Å². The predicted octanol–water partition coefficient (Wildman–Crippen LogP) is 4.30. The molecule has 0 spiro atoms. The van der Waals surface area contributed by atoms with Gasteiger partial charge in [0.25, 0.3) is 0 Å². The monoisotopic (exact) mass is 249 g/mol. The van der Waals surface area contributed by atoms with E-state index in [4.69, 9.17) is 0 Å². The van der Waals surface area contributed by atoms with Crippen molar-refractivity contribution in [1.29, 1.82) is 0 Å². The van der Waals surface area contributed by atoms with Crippen LogP contribution in [-0.4, -0.2) is 12.0 Å². The van der Waals surface area contributed by atoms with E-state index in [0.29, 0.717) is 5.56 Å². The van der Waals surface area contributed by atoms with Gasteiger partial charge in [-0.1, -0.05) is 36.4 Å². The molecule has 0 fully saturated rings. The number of carbonyl (C=O) groups is 1. The second kappa shape index (κ2) is 6.45. The van der Waals surface area contributed by atoms with Crippen LogP contribution >= 0.6 is 0 Å². The smallest absolute Gasteiger partial charge is 0.159 e. The van der Waals surface area contributed by atoms with Gasteiger partial charge in [0.2, 0.25) is 0 Å². The van der Waals surface area contributed by atoms with Crippen LogP contribution in [0.25, 0.3) is 6.08 Å². The van der Waals surface area contributed by atoms with Gasteiger partial charge in [-0.3, -0.25) is 9.79 Å². The lowest BCUT2D eigenvalue weighted by molar-refractivity contribution is 0.101. The number of hydrogen-bond acceptors (Lipinski definition) is 2. The van der Waals surface area contributed by atoms with Gasteiger partial charge in [0, 0.05) is 11.8 Å². The maximum absolute atomic E-state index is 11.1. The minimum atomic E-state index is 0.0690. The molecule has 0 aliphatic heterocycles. The van der Waals surface area contributed by atoms with E-state index in [0.717, 1.165) is 11.3 Å². The molecule has 0 bridgehead atoms. The van der Waals surface area contributed by atoms with Crippen LogP contribution in [0.1, 0.15) is 22.8 Å². The van der Waals surface area contributed by atoms with Crippen molar-refractivity contribution in [3.8, 4) is 0 Å². The van der Waals surface area contributed by atoms with Crippen molar-refractivity contribution < 1.29 is 4.79 Å². The Kier molecular flexibility index (Phi) is 4.40. The molecule has 2 aromatic carbocycles. The predicted molar refractivity (Wildman–Crippen MR) is 80.1 cm³/mol. The number of carbonyl (C=O) groups excluding carboxylic acids is 1. The van der Waals surface area contributed by atoms with Gasteiger partial charge in [-0.05, 0) is 42.8 Å². The maximum Gasteiger partial charge on any atom is 0.159 e. The second-order valence-corrected chi connectivity index (χ2v) is 4.15. The Balaban J connectivity index is 1.99. The third-order valence-corrected chi connectivity index (χ3v) is 2.67. The van der Waals surface area contributed by atoms with Gasteiger partial charge in [0.15, 0.2) is 5.78 Å². The second-order valence-electron chi connectivity index (χ2n) is 4.15. The molecule has 94 valence electrons. The van der Waals surface area contributed by atoms with Crippen LogP contribution in [0.15, 0.2) is 65.7 Å². The molecular weight excluding hydrogens is 234 g/mol. The Labute approximate surface area is 113 Å². The van der Waals surface area contributed by atoms with Gasteiger partial charge in [0.1, 0.15) is 0 Å². The summed E-state index contributed by atoms with van der Waals surface area (Å²) in [6, 6.07) is 17.3. The first-order valence-electron chi connectivity index (χ1n) is 6.12. The van der Waals surface area contributed by atoms with Crippen LogP contribution in [0.5, 0.6) is 0 Å². The molecule has 0 heterocycles. The minimum Gasteiger partial charge on any atom is -0.295 e. The number of benzene rings is 2. The summed E-state index contributed by atoms with van der Waals surface area (Å²) >= 11 is 0. The van der Waals surface area contributed by atoms with Crippen LogP contribution in [0.4, 0.5) is 5.69 Å². The SMILES string of the molecule is CC(=O)c1ccc(N=C/C=C/c2ccccc2)cc1. The molecule has 2 rings (SSSR count). The summed E-state index contributed by atoms with van der Waals surface area (Å²) < 4.78 is 0. The van der Waals surface area contributed by atoms with E-state index in [1.54, 1.807) is 25.3 Å². The highest BCUT2D eigenvalue weighted by Crippen LogP contribution is 2.12. The van der Waals surface area contributed by atoms with E-state index < -0.39 is 0 Å². The van der Waals surface area contributed by atoms with Crippen molar-refractivity contribution in [2.45, 2.75) is 6.92 Å². The first-order valence-corrected chi connectivity index (χ1v) is 6.12. The van der Waals surface area contributed by atoms with Crippen molar-refractivity contribution in [3.05, 3.63) is 71.8 Å². The zero-order chi connectivity index (χ0) is 13.5. The fourth-order valence-electron chi connectivity index (χ4n) is 1.63. The summed E-state index contributed by atoms with van der Waals surface area (Å²) in [7, 11) is 0. The van der Waals surface area contributed by atoms with E-state index in [2.05, 4.69) is 4.99 Å². The zero-order valence-corrected chi connectivity index (χ0v) is 10.8. The molecule has 2 nitrogen and oxygen atoms in total. The Morgan fingerprint density at radius 2 is 1.68 bits per heavy atom. The van der Waals surface area contributed by atoms with Crippen molar-refractivity contribution in [2.75, 3.05) is 0 Å². The molecule has 0 saturated heterocycles. The Morgan fingerprint density at radius 3 is 2.32 bits per heavy atom. The number of Topliss-reactive ketones (excluding diaryl/α,β-unsaturated/α-hetero) is 1. The lowest BCUT2D eigenvalue weighted by Crippen LogP contribution is -1.89. The highest BCUT2D eigenvalue weighted by molar-refractivity contribution is 5.94. The quantitative estimate of drug-likeness (QED) is 0.586. The van der Waals surface area contributed by atoms with Gasteiger partial charge < -0.3 is 0 Å². The van der Waals surface area contributed by atoms with Gasteiger partial charge in [-0.15, -0.1) is 0 Å². The summed E-state index contributed by atoms with van der Waals surface area (Å²) in [4.78, 5) is 15.4. The molecule has 0 aliphatic rings. The maximum atomic E-state index is 11.1. The van der Waals surface area contributed by atoms with Gasteiger partial charge in [0.05, 0.1) is 5.69 Å². The average Bonchev–Trinajstić information content (AvgIpc) is 2.45. The first kappa shape index (κ1) is 13.0. The Bertz CT molecular complexity index is 595. The van der Waals surface area contributed by atoms with Crippen molar-refractivity contribution in [3.63, 3.8) is 0 Å². The normalized spacial score (nSPS) is 11.2. The molecule has 2 heteroatoms. The molecule has 0 aliphatic carbocycles. The molecule has 0 saturated carbocycles. The van der Waals surface area contributed by atoms with Crippen molar-refractivity contribution >= 4 is 23.8 Å².